The van der Waals surface area contributed by atoms with Crippen LogP contribution < -0.4 is 10.6 Å². The molecule has 6 rings (SSSR count). The Bertz CT molecular complexity index is 1150. The maximum Gasteiger partial charge on any atom is 0.245 e. The number of nitrogens with zero attached hydrogens (tertiary/aromatic N) is 1. The number of carbonyl (C=O) groups is 2. The zero-order chi connectivity index (χ0) is 22.2. The van der Waals surface area contributed by atoms with Crippen molar-refractivity contribution in [3.8, 4) is 0 Å². The second kappa shape index (κ2) is 7.17. The number of halogens is 3. The van der Waals surface area contributed by atoms with Crippen molar-refractivity contribution in [2.45, 2.75) is 36.8 Å². The Morgan fingerprint density at radius 2 is 1.97 bits per heavy atom. The number of nitrogens with one attached hydrogen (secondary N) is 2. The summed E-state index contributed by atoms with van der Waals surface area (Å²) in [5, 5.41) is 6.53. The highest BCUT2D eigenvalue weighted by atomic mass is 35.5. The average molecular weight is 474 g/mol. The van der Waals surface area contributed by atoms with Crippen LogP contribution in [0.5, 0.6) is 0 Å². The monoisotopic (exact) mass is 473 g/mol. The van der Waals surface area contributed by atoms with Gasteiger partial charge < -0.3 is 10.6 Å². The van der Waals surface area contributed by atoms with Crippen molar-refractivity contribution < 1.29 is 14.0 Å². The molecular weight excluding hydrogens is 452 g/mol. The van der Waals surface area contributed by atoms with Gasteiger partial charge in [0.25, 0.3) is 0 Å². The van der Waals surface area contributed by atoms with Gasteiger partial charge in [-0.3, -0.25) is 14.5 Å². The average Bonchev–Trinajstić information content (AvgIpc) is 3.45. The Labute approximate surface area is 195 Å². The van der Waals surface area contributed by atoms with E-state index in [1.54, 1.807) is 24.3 Å². The first-order chi connectivity index (χ1) is 15.4. The molecule has 2 aromatic carbocycles. The number of fused-ring (bicyclic) bond motifs is 2. The molecule has 5 nitrogen and oxygen atoms in total. The second-order valence-corrected chi connectivity index (χ2v) is 10.3. The smallest absolute Gasteiger partial charge is 0.245 e. The fourth-order valence-electron chi connectivity index (χ4n) is 6.07. The topological polar surface area (TPSA) is 61.4 Å². The first-order valence-electron chi connectivity index (χ1n) is 11.0. The van der Waals surface area contributed by atoms with Crippen LogP contribution >= 0.6 is 23.2 Å². The van der Waals surface area contributed by atoms with Gasteiger partial charge in [-0.2, -0.15) is 0 Å². The first kappa shape index (κ1) is 20.5. The predicted molar refractivity (Wildman–Crippen MR) is 120 cm³/mol. The van der Waals surface area contributed by atoms with Gasteiger partial charge >= 0.3 is 0 Å². The van der Waals surface area contributed by atoms with Crippen LogP contribution in [-0.4, -0.2) is 41.4 Å². The zero-order valence-electron chi connectivity index (χ0n) is 17.2. The van der Waals surface area contributed by atoms with Crippen molar-refractivity contribution in [3.05, 3.63) is 63.4 Å². The van der Waals surface area contributed by atoms with Crippen LogP contribution in [0.3, 0.4) is 0 Å². The van der Waals surface area contributed by atoms with E-state index in [4.69, 9.17) is 23.2 Å². The third-order valence-electron chi connectivity index (χ3n) is 7.63. The molecule has 2 aromatic rings. The Morgan fingerprint density at radius 1 is 1.16 bits per heavy atom. The lowest BCUT2D eigenvalue weighted by Crippen LogP contribution is -2.62. The first-order valence-corrected chi connectivity index (χ1v) is 11.7. The largest absolute Gasteiger partial charge is 0.354 e. The van der Waals surface area contributed by atoms with Gasteiger partial charge in [0.15, 0.2) is 0 Å². The van der Waals surface area contributed by atoms with Crippen molar-refractivity contribution in [1.29, 1.82) is 0 Å². The number of benzene rings is 2. The molecule has 1 aliphatic carbocycles. The van der Waals surface area contributed by atoms with Crippen LogP contribution in [0.25, 0.3) is 0 Å². The molecule has 1 spiro atoms. The third-order valence-corrected chi connectivity index (χ3v) is 8.16. The highest BCUT2D eigenvalue weighted by Gasteiger charge is 2.68. The number of likely N-dealkylation sites (tertiary alicyclic amines) is 1. The molecule has 2 amide bonds. The lowest BCUT2D eigenvalue weighted by Gasteiger charge is -2.46. The molecule has 0 aromatic heterocycles. The van der Waals surface area contributed by atoms with E-state index in [-0.39, 0.29) is 22.9 Å². The van der Waals surface area contributed by atoms with Gasteiger partial charge in [0, 0.05) is 42.2 Å². The van der Waals surface area contributed by atoms with Crippen molar-refractivity contribution in [3.63, 3.8) is 0 Å². The van der Waals surface area contributed by atoms with E-state index >= 15 is 4.39 Å². The third kappa shape index (κ3) is 2.86. The van der Waals surface area contributed by atoms with Crippen molar-refractivity contribution in [1.82, 2.24) is 10.2 Å². The molecule has 3 heterocycles. The molecule has 166 valence electrons. The lowest BCUT2D eigenvalue weighted by molar-refractivity contribution is -0.129. The van der Waals surface area contributed by atoms with Crippen molar-refractivity contribution >= 4 is 40.7 Å². The van der Waals surface area contributed by atoms with Crippen LogP contribution in [0.15, 0.2) is 36.4 Å². The van der Waals surface area contributed by atoms with Crippen LogP contribution in [0.1, 0.15) is 29.9 Å². The van der Waals surface area contributed by atoms with E-state index in [1.165, 1.54) is 6.07 Å². The van der Waals surface area contributed by atoms with Crippen LogP contribution in [-0.2, 0) is 16.0 Å². The van der Waals surface area contributed by atoms with Gasteiger partial charge in [0.2, 0.25) is 11.8 Å². The summed E-state index contributed by atoms with van der Waals surface area (Å²) in [6, 6.07) is 10.1. The number of anilines is 1. The van der Waals surface area contributed by atoms with E-state index in [2.05, 4.69) is 15.5 Å². The van der Waals surface area contributed by atoms with E-state index in [0.29, 0.717) is 41.7 Å². The summed E-state index contributed by atoms with van der Waals surface area (Å²) in [6.45, 7) is 1.17. The van der Waals surface area contributed by atoms with E-state index in [9.17, 15) is 9.59 Å². The Balaban J connectivity index is 1.57. The maximum atomic E-state index is 15.4. The summed E-state index contributed by atoms with van der Waals surface area (Å²) in [6.07, 6.45) is 2.60. The highest BCUT2D eigenvalue weighted by molar-refractivity contribution is 6.31. The number of hydrogen-bond acceptors (Lipinski definition) is 3. The summed E-state index contributed by atoms with van der Waals surface area (Å²) >= 11 is 12.3. The number of amides is 2. The van der Waals surface area contributed by atoms with Crippen LogP contribution in [0, 0.1) is 17.7 Å². The van der Waals surface area contributed by atoms with E-state index < -0.39 is 23.2 Å². The molecular formula is C24H22Cl2FN3O2. The summed E-state index contributed by atoms with van der Waals surface area (Å²) in [5.74, 6) is -1.59. The SMILES string of the molecule is O=C1NC[C@H]2[C@@H]1[C@H](c1cccc(Cl)c1F)[C@@]1(Cc3ccc(Cl)cc3NC1=O)N2CC1CC1. The van der Waals surface area contributed by atoms with Crippen molar-refractivity contribution in [2.75, 3.05) is 18.4 Å². The predicted octanol–water partition coefficient (Wildman–Crippen LogP) is 3.99. The molecule has 4 atom stereocenters. The van der Waals surface area contributed by atoms with Gasteiger partial charge in [-0.25, -0.2) is 4.39 Å². The van der Waals surface area contributed by atoms with E-state index in [1.807, 2.05) is 6.07 Å². The zero-order valence-corrected chi connectivity index (χ0v) is 18.7. The second-order valence-electron chi connectivity index (χ2n) is 9.41. The molecule has 2 N–H and O–H groups in total. The molecule has 0 unspecified atom stereocenters. The van der Waals surface area contributed by atoms with Crippen LogP contribution in [0.4, 0.5) is 10.1 Å². The standard InChI is InChI=1S/C24H22Cl2FN3O2/c25-14-7-6-13-9-24(23(32)29-17(13)8-14)20(15-2-1-3-16(26)21(15)27)19-18(10-28-22(19)31)30(24)11-12-4-5-12/h1-3,6-8,12,18-20H,4-5,9-11H2,(H,28,31)(H,29,32)/t18-,19+,20-,24+/m0/s1. The van der Waals surface area contributed by atoms with Gasteiger partial charge in [-0.05, 0) is 48.1 Å². The Hall–Kier alpha value is -2.15. The van der Waals surface area contributed by atoms with Gasteiger partial charge in [-0.15, -0.1) is 0 Å². The van der Waals surface area contributed by atoms with Crippen molar-refractivity contribution in [2.24, 2.45) is 11.8 Å². The summed E-state index contributed by atoms with van der Waals surface area (Å²) < 4.78 is 15.4. The summed E-state index contributed by atoms with van der Waals surface area (Å²) in [5.41, 5.74) is 0.853. The summed E-state index contributed by atoms with van der Waals surface area (Å²) in [7, 11) is 0. The van der Waals surface area contributed by atoms with Gasteiger partial charge in [0.05, 0.1) is 10.9 Å². The molecule has 8 heteroatoms. The minimum absolute atomic E-state index is 0.00310. The molecule has 0 radical (unpaired) electrons. The minimum Gasteiger partial charge on any atom is -0.354 e. The molecule has 32 heavy (non-hydrogen) atoms. The number of rotatable bonds is 3. The fraction of sp³-hybridized carbons (Fsp3) is 0.417. The van der Waals surface area contributed by atoms with Gasteiger partial charge in [-0.1, -0.05) is 41.4 Å². The van der Waals surface area contributed by atoms with Crippen LogP contribution in [0.2, 0.25) is 10.0 Å². The van der Waals surface area contributed by atoms with Gasteiger partial charge in [0.1, 0.15) is 11.4 Å². The maximum absolute atomic E-state index is 15.4. The normalized spacial score (nSPS) is 31.4. The molecule has 0 bridgehead atoms. The molecule has 3 fully saturated rings. The Kier molecular flexibility index (Phi) is 4.59. The lowest BCUT2D eigenvalue weighted by atomic mass is 9.69. The highest BCUT2D eigenvalue weighted by Crippen LogP contribution is 2.56. The molecule has 1 saturated carbocycles. The fourth-order valence-corrected chi connectivity index (χ4v) is 6.42. The molecule has 3 aliphatic heterocycles. The van der Waals surface area contributed by atoms with E-state index in [0.717, 1.165) is 18.4 Å². The molecule has 2 saturated heterocycles. The number of carbonyl (C=O) groups excluding carboxylic acids is 2. The minimum atomic E-state index is -1.08. The molecule has 4 aliphatic rings. The quantitative estimate of drug-likeness (QED) is 0.708. The number of hydrogen-bond donors (Lipinski definition) is 2. The summed E-state index contributed by atoms with van der Waals surface area (Å²) in [4.78, 5) is 29.2. The Morgan fingerprint density at radius 3 is 2.75 bits per heavy atom.